The second-order valence-electron chi connectivity index (χ2n) is 7.01. The SMILES string of the molecule is Cc1ccc(NC(=O)CN2CCCN(Cc3cccc(F)c3)S2(=O)=O)cc1C. The number of amides is 1. The van der Waals surface area contributed by atoms with Gasteiger partial charge in [0.2, 0.25) is 5.91 Å². The molecule has 1 aliphatic rings. The molecule has 1 aliphatic heterocycles. The first-order valence-corrected chi connectivity index (χ1v) is 10.5. The molecule has 3 rings (SSSR count). The molecule has 0 saturated carbocycles. The van der Waals surface area contributed by atoms with Crippen LogP contribution in [0, 0.1) is 19.7 Å². The highest BCUT2D eigenvalue weighted by atomic mass is 32.2. The first-order valence-electron chi connectivity index (χ1n) is 9.12. The van der Waals surface area contributed by atoms with Crippen LogP contribution < -0.4 is 5.32 Å². The van der Waals surface area contributed by atoms with Gasteiger partial charge < -0.3 is 5.32 Å². The fourth-order valence-electron chi connectivity index (χ4n) is 3.16. The molecule has 6 nitrogen and oxygen atoms in total. The molecule has 1 fully saturated rings. The number of nitrogens with zero attached hydrogens (tertiary/aromatic N) is 2. The molecule has 8 heteroatoms. The zero-order chi connectivity index (χ0) is 20.3. The maximum atomic E-state index is 13.4. The predicted molar refractivity (Wildman–Crippen MR) is 106 cm³/mol. The molecule has 0 aromatic heterocycles. The lowest BCUT2D eigenvalue weighted by molar-refractivity contribution is -0.116. The van der Waals surface area contributed by atoms with Crippen LogP contribution in [0.25, 0.3) is 0 Å². The Kier molecular flexibility index (Phi) is 6.12. The van der Waals surface area contributed by atoms with Gasteiger partial charge in [0.15, 0.2) is 0 Å². The highest BCUT2D eigenvalue weighted by Crippen LogP contribution is 2.20. The molecule has 0 radical (unpaired) electrons. The van der Waals surface area contributed by atoms with Crippen molar-refractivity contribution in [2.45, 2.75) is 26.8 Å². The maximum Gasteiger partial charge on any atom is 0.282 e. The molecule has 0 aliphatic carbocycles. The third kappa shape index (κ3) is 4.76. The van der Waals surface area contributed by atoms with Crippen molar-refractivity contribution in [1.29, 1.82) is 0 Å². The summed E-state index contributed by atoms with van der Waals surface area (Å²) >= 11 is 0. The van der Waals surface area contributed by atoms with Crippen LogP contribution in [0.2, 0.25) is 0 Å². The van der Waals surface area contributed by atoms with Crippen LogP contribution in [-0.2, 0) is 21.5 Å². The number of carbonyl (C=O) groups excluding carboxylic acids is 1. The van der Waals surface area contributed by atoms with Gasteiger partial charge in [0.1, 0.15) is 5.82 Å². The second kappa shape index (κ2) is 8.38. The number of rotatable bonds is 5. The van der Waals surface area contributed by atoms with Crippen molar-refractivity contribution < 1.29 is 17.6 Å². The third-order valence-corrected chi connectivity index (χ3v) is 6.75. The molecule has 2 aromatic carbocycles. The van der Waals surface area contributed by atoms with E-state index in [9.17, 15) is 17.6 Å². The highest BCUT2D eigenvalue weighted by molar-refractivity contribution is 7.86. The lowest BCUT2D eigenvalue weighted by Gasteiger charge is -2.34. The quantitative estimate of drug-likeness (QED) is 0.832. The van der Waals surface area contributed by atoms with E-state index in [1.165, 1.54) is 20.7 Å². The van der Waals surface area contributed by atoms with E-state index in [-0.39, 0.29) is 25.5 Å². The average molecular weight is 405 g/mol. The summed E-state index contributed by atoms with van der Waals surface area (Å²) in [4.78, 5) is 12.4. The van der Waals surface area contributed by atoms with Crippen molar-refractivity contribution in [3.8, 4) is 0 Å². The maximum absolute atomic E-state index is 13.4. The highest BCUT2D eigenvalue weighted by Gasteiger charge is 2.34. The summed E-state index contributed by atoms with van der Waals surface area (Å²) in [7, 11) is -3.79. The summed E-state index contributed by atoms with van der Waals surface area (Å²) in [6.45, 7) is 4.37. The van der Waals surface area contributed by atoms with Crippen molar-refractivity contribution in [1.82, 2.24) is 8.61 Å². The van der Waals surface area contributed by atoms with Gasteiger partial charge in [-0.3, -0.25) is 4.79 Å². The third-order valence-electron chi connectivity index (χ3n) is 4.83. The molecule has 0 bridgehead atoms. The largest absolute Gasteiger partial charge is 0.325 e. The Labute approximate surface area is 165 Å². The van der Waals surface area contributed by atoms with Gasteiger partial charge in [0.05, 0.1) is 6.54 Å². The minimum atomic E-state index is -3.79. The van der Waals surface area contributed by atoms with Crippen LogP contribution in [0.4, 0.5) is 10.1 Å². The van der Waals surface area contributed by atoms with E-state index in [1.807, 2.05) is 26.0 Å². The van der Waals surface area contributed by atoms with Crippen LogP contribution in [-0.4, -0.2) is 42.6 Å². The van der Waals surface area contributed by atoms with E-state index in [4.69, 9.17) is 0 Å². The number of aryl methyl sites for hydroxylation is 2. The number of anilines is 1. The van der Waals surface area contributed by atoms with Crippen LogP contribution >= 0.6 is 0 Å². The summed E-state index contributed by atoms with van der Waals surface area (Å²) in [5.74, 6) is -0.795. The van der Waals surface area contributed by atoms with Crippen LogP contribution in [0.3, 0.4) is 0 Å². The zero-order valence-electron chi connectivity index (χ0n) is 16.0. The number of nitrogens with one attached hydrogen (secondary N) is 1. The van der Waals surface area contributed by atoms with E-state index in [1.54, 1.807) is 18.2 Å². The number of halogens is 1. The van der Waals surface area contributed by atoms with Crippen molar-refractivity contribution in [3.63, 3.8) is 0 Å². The lowest BCUT2D eigenvalue weighted by Crippen LogP contribution is -2.51. The summed E-state index contributed by atoms with van der Waals surface area (Å²) in [6.07, 6.45) is 0.603. The summed E-state index contributed by atoms with van der Waals surface area (Å²) < 4.78 is 41.6. The van der Waals surface area contributed by atoms with Crippen molar-refractivity contribution in [2.24, 2.45) is 0 Å². The number of hydrogen-bond donors (Lipinski definition) is 1. The summed E-state index contributed by atoms with van der Waals surface area (Å²) in [5, 5.41) is 2.75. The number of hydrogen-bond acceptors (Lipinski definition) is 3. The molecule has 0 atom stereocenters. The van der Waals surface area contributed by atoms with E-state index < -0.39 is 16.0 Å². The Morgan fingerprint density at radius 2 is 1.82 bits per heavy atom. The molecular weight excluding hydrogens is 381 g/mol. The van der Waals surface area contributed by atoms with E-state index >= 15 is 0 Å². The molecule has 28 heavy (non-hydrogen) atoms. The monoisotopic (exact) mass is 405 g/mol. The standard InChI is InChI=1S/C20H24FN3O3S/c1-15-7-8-19(11-16(15)2)22-20(25)14-24-10-4-9-23(28(24,26)27)13-17-5-3-6-18(21)12-17/h3,5-8,11-12H,4,9-10,13-14H2,1-2H3,(H,22,25). The summed E-state index contributed by atoms with van der Waals surface area (Å²) in [6, 6.07) is 11.4. The van der Waals surface area contributed by atoms with Gasteiger partial charge >= 0.3 is 0 Å². The van der Waals surface area contributed by atoms with E-state index in [0.717, 1.165) is 11.1 Å². The topological polar surface area (TPSA) is 69.7 Å². The van der Waals surface area contributed by atoms with Crippen LogP contribution in [0.1, 0.15) is 23.1 Å². The van der Waals surface area contributed by atoms with E-state index in [0.29, 0.717) is 24.2 Å². The normalized spacial score (nSPS) is 17.4. The first-order chi connectivity index (χ1) is 13.3. The molecule has 150 valence electrons. The minimum absolute atomic E-state index is 0.0787. The predicted octanol–water partition coefficient (Wildman–Crippen LogP) is 2.83. The van der Waals surface area contributed by atoms with Gasteiger partial charge in [-0.1, -0.05) is 18.2 Å². The number of carbonyl (C=O) groups is 1. The van der Waals surface area contributed by atoms with Crippen LogP contribution in [0.5, 0.6) is 0 Å². The lowest BCUT2D eigenvalue weighted by atomic mass is 10.1. The molecule has 0 spiro atoms. The van der Waals surface area contributed by atoms with Gasteiger partial charge in [-0.2, -0.15) is 17.0 Å². The molecule has 1 saturated heterocycles. The molecule has 1 amide bonds. The molecular formula is C20H24FN3O3S. The molecule has 1 N–H and O–H groups in total. The van der Waals surface area contributed by atoms with Crippen molar-refractivity contribution in [3.05, 3.63) is 65.0 Å². The Hall–Kier alpha value is -2.29. The molecule has 1 heterocycles. The Morgan fingerprint density at radius 1 is 1.07 bits per heavy atom. The first kappa shape index (κ1) is 20.4. The van der Waals surface area contributed by atoms with Crippen LogP contribution in [0.15, 0.2) is 42.5 Å². The van der Waals surface area contributed by atoms with Crippen molar-refractivity contribution in [2.75, 3.05) is 25.0 Å². The Morgan fingerprint density at radius 3 is 2.54 bits per heavy atom. The fraction of sp³-hybridized carbons (Fsp3) is 0.350. The molecule has 2 aromatic rings. The Balaban J connectivity index is 1.67. The average Bonchev–Trinajstić information content (AvgIpc) is 2.62. The van der Waals surface area contributed by atoms with Gasteiger partial charge in [0, 0.05) is 25.3 Å². The fourth-order valence-corrected chi connectivity index (χ4v) is 4.80. The van der Waals surface area contributed by atoms with Gasteiger partial charge in [-0.05, 0) is 61.2 Å². The zero-order valence-corrected chi connectivity index (χ0v) is 16.8. The van der Waals surface area contributed by atoms with Gasteiger partial charge in [0.25, 0.3) is 10.2 Å². The second-order valence-corrected chi connectivity index (χ2v) is 8.93. The van der Waals surface area contributed by atoms with Gasteiger partial charge in [-0.25, -0.2) is 4.39 Å². The van der Waals surface area contributed by atoms with Crippen molar-refractivity contribution >= 4 is 21.8 Å². The van der Waals surface area contributed by atoms with Gasteiger partial charge in [-0.15, -0.1) is 0 Å². The van der Waals surface area contributed by atoms with E-state index in [2.05, 4.69) is 5.32 Å². The summed E-state index contributed by atoms with van der Waals surface area (Å²) in [5.41, 5.74) is 3.37. The molecule has 0 unspecified atom stereocenters. The number of benzene rings is 2. The smallest absolute Gasteiger partial charge is 0.282 e. The Bertz CT molecular complexity index is 978. The minimum Gasteiger partial charge on any atom is -0.325 e.